The highest BCUT2D eigenvalue weighted by molar-refractivity contribution is 7.92. The standard InChI is InChI=1S/C21H18ClFN4O4S/c1-13-6-7-15(11-19(13)32(30,31)27-17-5-3-2-4-16(17)23)26-20(28)12-25-21(29)18-10-14(22)8-9-24-18/h2-11,27H,12H2,1H3,(H,25,29)(H,26,28). The van der Waals surface area contributed by atoms with Gasteiger partial charge in [0, 0.05) is 16.9 Å². The zero-order chi connectivity index (χ0) is 23.3. The third-order valence-electron chi connectivity index (χ3n) is 4.24. The first-order valence-electron chi connectivity index (χ1n) is 9.23. The summed E-state index contributed by atoms with van der Waals surface area (Å²) in [7, 11) is -4.12. The Balaban J connectivity index is 1.69. The largest absolute Gasteiger partial charge is 0.342 e. The molecule has 0 radical (unpaired) electrons. The van der Waals surface area contributed by atoms with Crippen LogP contribution < -0.4 is 15.4 Å². The second-order valence-corrected chi connectivity index (χ2v) is 8.74. The van der Waals surface area contributed by atoms with E-state index in [1.807, 2.05) is 0 Å². The van der Waals surface area contributed by atoms with Crippen LogP contribution in [-0.2, 0) is 14.8 Å². The van der Waals surface area contributed by atoms with E-state index < -0.39 is 27.7 Å². The quantitative estimate of drug-likeness (QED) is 0.483. The molecule has 3 rings (SSSR count). The second kappa shape index (κ2) is 9.75. The van der Waals surface area contributed by atoms with Crippen molar-refractivity contribution in [3.8, 4) is 0 Å². The van der Waals surface area contributed by atoms with Crippen LogP contribution in [0.15, 0.2) is 65.7 Å². The van der Waals surface area contributed by atoms with Gasteiger partial charge in [0.2, 0.25) is 5.91 Å². The number of benzene rings is 2. The van der Waals surface area contributed by atoms with Crippen LogP contribution in [0.1, 0.15) is 16.1 Å². The Labute approximate surface area is 188 Å². The summed E-state index contributed by atoms with van der Waals surface area (Å²) in [6, 6.07) is 12.5. The van der Waals surface area contributed by atoms with Gasteiger partial charge in [-0.15, -0.1) is 0 Å². The van der Waals surface area contributed by atoms with E-state index in [0.717, 1.165) is 6.07 Å². The number of sulfonamides is 1. The fraction of sp³-hybridized carbons (Fsp3) is 0.0952. The molecule has 0 saturated heterocycles. The van der Waals surface area contributed by atoms with Gasteiger partial charge in [0.1, 0.15) is 11.5 Å². The summed E-state index contributed by atoms with van der Waals surface area (Å²) in [6.45, 7) is 1.19. The van der Waals surface area contributed by atoms with Crippen LogP contribution in [0.4, 0.5) is 15.8 Å². The number of hydrogen-bond acceptors (Lipinski definition) is 5. The van der Waals surface area contributed by atoms with Gasteiger partial charge in [0.25, 0.3) is 15.9 Å². The molecule has 3 N–H and O–H groups in total. The molecule has 0 spiro atoms. The topological polar surface area (TPSA) is 117 Å². The summed E-state index contributed by atoms with van der Waals surface area (Å²) in [5.41, 5.74) is 0.434. The zero-order valence-electron chi connectivity index (χ0n) is 16.7. The molecule has 1 aromatic heterocycles. The van der Waals surface area contributed by atoms with Gasteiger partial charge in [-0.3, -0.25) is 19.3 Å². The molecule has 166 valence electrons. The lowest BCUT2D eigenvalue weighted by molar-refractivity contribution is -0.115. The molecule has 0 unspecified atom stereocenters. The van der Waals surface area contributed by atoms with Crippen molar-refractivity contribution in [2.24, 2.45) is 0 Å². The maximum Gasteiger partial charge on any atom is 0.270 e. The molecule has 0 aliphatic heterocycles. The maximum atomic E-state index is 13.9. The summed E-state index contributed by atoms with van der Waals surface area (Å²) < 4.78 is 41.5. The number of halogens is 2. The third kappa shape index (κ3) is 5.80. The summed E-state index contributed by atoms with van der Waals surface area (Å²) >= 11 is 5.81. The number of nitrogens with one attached hydrogen (secondary N) is 3. The summed E-state index contributed by atoms with van der Waals surface area (Å²) in [6.07, 6.45) is 1.36. The van der Waals surface area contributed by atoms with Gasteiger partial charge in [0.05, 0.1) is 17.1 Å². The smallest absolute Gasteiger partial charge is 0.270 e. The predicted molar refractivity (Wildman–Crippen MR) is 119 cm³/mol. The molecular formula is C21H18ClFN4O4S. The first-order valence-corrected chi connectivity index (χ1v) is 11.1. The number of pyridine rings is 1. The average molecular weight is 477 g/mol. The minimum absolute atomic E-state index is 0.0493. The monoisotopic (exact) mass is 476 g/mol. The highest BCUT2D eigenvalue weighted by atomic mass is 35.5. The maximum absolute atomic E-state index is 13.9. The van der Waals surface area contributed by atoms with E-state index in [-0.39, 0.29) is 28.5 Å². The van der Waals surface area contributed by atoms with Crippen molar-refractivity contribution >= 4 is 44.8 Å². The van der Waals surface area contributed by atoms with Gasteiger partial charge in [-0.1, -0.05) is 29.8 Å². The predicted octanol–water partition coefficient (Wildman–Crippen LogP) is 3.35. The van der Waals surface area contributed by atoms with Crippen LogP contribution in [0.5, 0.6) is 0 Å². The Hall–Kier alpha value is -3.50. The number of rotatable bonds is 7. The van der Waals surface area contributed by atoms with Gasteiger partial charge in [-0.2, -0.15) is 0 Å². The molecule has 8 nitrogen and oxygen atoms in total. The number of aromatic nitrogens is 1. The van der Waals surface area contributed by atoms with Gasteiger partial charge < -0.3 is 10.6 Å². The molecule has 0 aliphatic carbocycles. The number of carbonyl (C=O) groups is 2. The molecule has 3 aromatic rings. The van der Waals surface area contributed by atoms with E-state index in [4.69, 9.17) is 11.6 Å². The Kier molecular flexibility index (Phi) is 7.06. The highest BCUT2D eigenvalue weighted by Crippen LogP contribution is 2.24. The lowest BCUT2D eigenvalue weighted by Crippen LogP contribution is -2.33. The number of aryl methyl sites for hydroxylation is 1. The van der Waals surface area contributed by atoms with Crippen LogP contribution in [0.25, 0.3) is 0 Å². The Morgan fingerprint density at radius 3 is 2.56 bits per heavy atom. The Bertz CT molecular complexity index is 1280. The molecule has 0 atom stereocenters. The van der Waals surface area contributed by atoms with Crippen molar-refractivity contribution in [1.29, 1.82) is 0 Å². The van der Waals surface area contributed by atoms with Gasteiger partial charge in [-0.25, -0.2) is 12.8 Å². The fourth-order valence-corrected chi connectivity index (χ4v) is 4.20. The molecule has 0 fully saturated rings. The van der Waals surface area contributed by atoms with Crippen molar-refractivity contribution in [2.75, 3.05) is 16.6 Å². The van der Waals surface area contributed by atoms with Crippen molar-refractivity contribution in [3.63, 3.8) is 0 Å². The first kappa shape index (κ1) is 23.2. The summed E-state index contributed by atoms with van der Waals surface area (Å²) in [5.74, 6) is -1.90. The second-order valence-electron chi connectivity index (χ2n) is 6.66. The van der Waals surface area contributed by atoms with Crippen LogP contribution in [0, 0.1) is 12.7 Å². The number of amides is 2. The van der Waals surface area contributed by atoms with Crippen molar-refractivity contribution in [1.82, 2.24) is 10.3 Å². The SMILES string of the molecule is Cc1ccc(NC(=O)CNC(=O)c2cc(Cl)ccn2)cc1S(=O)(=O)Nc1ccccc1F. The first-order chi connectivity index (χ1) is 15.2. The Morgan fingerprint density at radius 1 is 1.09 bits per heavy atom. The molecule has 0 aliphatic rings. The van der Waals surface area contributed by atoms with Gasteiger partial charge in [0.15, 0.2) is 0 Å². The molecule has 1 heterocycles. The van der Waals surface area contributed by atoms with Crippen molar-refractivity contribution in [2.45, 2.75) is 11.8 Å². The van der Waals surface area contributed by atoms with Crippen LogP contribution in [0.3, 0.4) is 0 Å². The number of nitrogens with zero attached hydrogens (tertiary/aromatic N) is 1. The highest BCUT2D eigenvalue weighted by Gasteiger charge is 2.20. The van der Waals surface area contributed by atoms with E-state index in [9.17, 15) is 22.4 Å². The third-order valence-corrected chi connectivity index (χ3v) is 5.99. The fourth-order valence-electron chi connectivity index (χ4n) is 2.70. The van der Waals surface area contributed by atoms with E-state index in [2.05, 4.69) is 20.3 Å². The zero-order valence-corrected chi connectivity index (χ0v) is 18.3. The van der Waals surface area contributed by atoms with Gasteiger partial charge in [-0.05, 0) is 48.9 Å². The number of hydrogen-bond donors (Lipinski definition) is 3. The molecule has 32 heavy (non-hydrogen) atoms. The van der Waals surface area contributed by atoms with Gasteiger partial charge >= 0.3 is 0 Å². The van der Waals surface area contributed by atoms with Crippen LogP contribution >= 0.6 is 11.6 Å². The van der Waals surface area contributed by atoms with E-state index in [1.54, 1.807) is 6.92 Å². The van der Waals surface area contributed by atoms with E-state index >= 15 is 0 Å². The number of anilines is 2. The lowest BCUT2D eigenvalue weighted by atomic mass is 10.2. The molecule has 11 heteroatoms. The van der Waals surface area contributed by atoms with Crippen molar-refractivity contribution < 1.29 is 22.4 Å². The Morgan fingerprint density at radius 2 is 1.84 bits per heavy atom. The van der Waals surface area contributed by atoms with Crippen LogP contribution in [-0.4, -0.2) is 31.8 Å². The van der Waals surface area contributed by atoms with Crippen molar-refractivity contribution in [3.05, 3.63) is 82.9 Å². The molecule has 2 amide bonds. The number of para-hydroxylation sites is 1. The molecule has 2 aromatic carbocycles. The normalized spacial score (nSPS) is 11.0. The summed E-state index contributed by atoms with van der Waals surface area (Å²) in [5, 5.41) is 5.23. The number of carbonyl (C=O) groups excluding carboxylic acids is 2. The van der Waals surface area contributed by atoms with E-state index in [1.165, 1.54) is 54.7 Å². The lowest BCUT2D eigenvalue weighted by Gasteiger charge is -2.13. The molecular weight excluding hydrogens is 459 g/mol. The van der Waals surface area contributed by atoms with Crippen LogP contribution in [0.2, 0.25) is 5.02 Å². The minimum atomic E-state index is -4.12. The van der Waals surface area contributed by atoms with E-state index in [0.29, 0.717) is 10.6 Å². The minimum Gasteiger partial charge on any atom is -0.342 e. The average Bonchev–Trinajstić information content (AvgIpc) is 2.75. The summed E-state index contributed by atoms with van der Waals surface area (Å²) in [4.78, 5) is 28.0. The molecule has 0 saturated carbocycles. The molecule has 0 bridgehead atoms.